The molecule has 5 nitrogen and oxygen atoms in total. The molecule has 2 aromatic rings. The van der Waals surface area contributed by atoms with Gasteiger partial charge in [0.05, 0.1) is 14.2 Å². The third-order valence-electron chi connectivity index (χ3n) is 2.80. The highest BCUT2D eigenvalue weighted by atomic mass is 32.2. The maximum atomic E-state index is 12.4. The summed E-state index contributed by atoms with van der Waals surface area (Å²) in [5.74, 6) is 0.671. The molecule has 2 rings (SSSR count). The predicted molar refractivity (Wildman–Crippen MR) is 80.0 cm³/mol. The van der Waals surface area contributed by atoms with Crippen molar-refractivity contribution in [2.24, 2.45) is 0 Å². The number of pyridine rings is 1. The van der Waals surface area contributed by atoms with Crippen LogP contribution < -0.4 is 9.47 Å². The van der Waals surface area contributed by atoms with Crippen molar-refractivity contribution in [3.8, 4) is 11.6 Å². The Balaban J connectivity index is 2.39. The van der Waals surface area contributed by atoms with Gasteiger partial charge < -0.3 is 9.47 Å². The van der Waals surface area contributed by atoms with Gasteiger partial charge in [0.15, 0.2) is 0 Å². The molecule has 0 spiro atoms. The Labute approximate surface area is 123 Å². The zero-order valence-electron chi connectivity index (χ0n) is 11.7. The first-order valence-corrected chi connectivity index (χ1v) is 7.68. The molecule has 110 valence electrons. The van der Waals surface area contributed by atoms with Crippen molar-refractivity contribution >= 4 is 15.9 Å². The number of nitrogens with zero attached hydrogens (tertiary/aromatic N) is 1. The Kier molecular flexibility index (Phi) is 4.59. The second-order valence-electron chi connectivity index (χ2n) is 4.10. The average Bonchev–Trinajstić information content (AvgIpc) is 2.53. The molecule has 21 heavy (non-hydrogen) atoms. The minimum Gasteiger partial charge on any atom is -0.495 e. The Morgan fingerprint density at radius 2 is 1.81 bits per heavy atom. The summed E-state index contributed by atoms with van der Waals surface area (Å²) >= 11 is 0. The molecule has 0 amide bonds. The van der Waals surface area contributed by atoms with Gasteiger partial charge in [0.2, 0.25) is 15.7 Å². The van der Waals surface area contributed by atoms with Crippen LogP contribution >= 0.6 is 0 Å². The van der Waals surface area contributed by atoms with E-state index in [0.717, 1.165) is 5.41 Å². The maximum absolute atomic E-state index is 12.4. The number of benzene rings is 1. The highest BCUT2D eigenvalue weighted by Crippen LogP contribution is 2.25. The molecule has 0 fully saturated rings. The van der Waals surface area contributed by atoms with E-state index in [1.54, 1.807) is 36.5 Å². The maximum Gasteiger partial charge on any atom is 0.220 e. The van der Waals surface area contributed by atoms with Crippen LogP contribution in [0.5, 0.6) is 11.6 Å². The molecule has 0 atom stereocenters. The minimum atomic E-state index is -3.62. The molecule has 0 aliphatic rings. The number of para-hydroxylation sites is 1. The van der Waals surface area contributed by atoms with E-state index in [1.165, 1.54) is 26.4 Å². The zero-order chi connectivity index (χ0) is 15.3. The quantitative estimate of drug-likeness (QED) is 0.849. The van der Waals surface area contributed by atoms with Gasteiger partial charge in [0, 0.05) is 17.2 Å². The van der Waals surface area contributed by atoms with Gasteiger partial charge in [-0.25, -0.2) is 13.4 Å². The van der Waals surface area contributed by atoms with Gasteiger partial charge in [-0.1, -0.05) is 12.1 Å². The van der Waals surface area contributed by atoms with Crippen molar-refractivity contribution in [2.75, 3.05) is 14.2 Å². The Bertz CT molecular complexity index is 754. The van der Waals surface area contributed by atoms with E-state index < -0.39 is 9.84 Å². The van der Waals surface area contributed by atoms with E-state index in [4.69, 9.17) is 9.47 Å². The summed E-state index contributed by atoms with van der Waals surface area (Å²) in [5, 5.41) is 1.12. The third kappa shape index (κ3) is 3.41. The summed E-state index contributed by atoms with van der Waals surface area (Å²) in [6.45, 7) is 0. The molecule has 0 radical (unpaired) electrons. The van der Waals surface area contributed by atoms with Gasteiger partial charge in [-0.05, 0) is 30.3 Å². The Hall–Kier alpha value is -2.34. The SMILES string of the molecule is COc1ccccc1S(=O)(=O)/C=C/c1cccnc1OC. The van der Waals surface area contributed by atoms with Crippen LogP contribution in [0.4, 0.5) is 0 Å². The molecular weight excluding hydrogens is 290 g/mol. The lowest BCUT2D eigenvalue weighted by molar-refractivity contribution is 0.397. The number of aromatic nitrogens is 1. The van der Waals surface area contributed by atoms with Crippen LogP contribution in [0.15, 0.2) is 52.9 Å². The van der Waals surface area contributed by atoms with Crippen molar-refractivity contribution < 1.29 is 17.9 Å². The van der Waals surface area contributed by atoms with Crippen LogP contribution in [-0.4, -0.2) is 27.6 Å². The molecule has 6 heteroatoms. The molecule has 0 saturated heterocycles. The fourth-order valence-electron chi connectivity index (χ4n) is 1.79. The highest BCUT2D eigenvalue weighted by molar-refractivity contribution is 7.94. The fourth-order valence-corrected chi connectivity index (χ4v) is 2.96. The van der Waals surface area contributed by atoms with Gasteiger partial charge in [-0.15, -0.1) is 0 Å². The number of methoxy groups -OCH3 is 2. The zero-order valence-corrected chi connectivity index (χ0v) is 12.5. The Morgan fingerprint density at radius 1 is 1.05 bits per heavy atom. The molecule has 0 saturated carbocycles. The molecule has 1 aromatic carbocycles. The van der Waals surface area contributed by atoms with Crippen molar-refractivity contribution in [1.29, 1.82) is 0 Å². The predicted octanol–water partition coefficient (Wildman–Crippen LogP) is 2.54. The average molecular weight is 305 g/mol. The number of sulfone groups is 1. The molecule has 0 N–H and O–H groups in total. The van der Waals surface area contributed by atoms with Crippen LogP contribution in [-0.2, 0) is 9.84 Å². The normalized spacial score (nSPS) is 11.5. The number of hydrogen-bond acceptors (Lipinski definition) is 5. The van der Waals surface area contributed by atoms with Crippen LogP contribution in [0, 0.1) is 0 Å². The molecule has 0 bridgehead atoms. The first kappa shape index (κ1) is 15.1. The highest BCUT2D eigenvalue weighted by Gasteiger charge is 2.16. The van der Waals surface area contributed by atoms with Crippen molar-refractivity contribution in [3.05, 3.63) is 53.6 Å². The second-order valence-corrected chi connectivity index (χ2v) is 5.90. The fraction of sp³-hybridized carbons (Fsp3) is 0.133. The lowest BCUT2D eigenvalue weighted by Gasteiger charge is -2.06. The minimum absolute atomic E-state index is 0.117. The first-order valence-electron chi connectivity index (χ1n) is 6.13. The van der Waals surface area contributed by atoms with Crippen LogP contribution in [0.2, 0.25) is 0 Å². The van der Waals surface area contributed by atoms with E-state index in [-0.39, 0.29) is 4.90 Å². The summed E-state index contributed by atoms with van der Waals surface area (Å²) < 4.78 is 34.9. The molecule has 0 aliphatic carbocycles. The van der Waals surface area contributed by atoms with Crippen molar-refractivity contribution in [1.82, 2.24) is 4.98 Å². The van der Waals surface area contributed by atoms with Gasteiger partial charge in [0.25, 0.3) is 0 Å². The lowest BCUT2D eigenvalue weighted by atomic mass is 10.3. The molecular formula is C15H15NO4S. The van der Waals surface area contributed by atoms with Crippen LogP contribution in [0.1, 0.15) is 5.56 Å². The molecule has 0 unspecified atom stereocenters. The van der Waals surface area contributed by atoms with Crippen molar-refractivity contribution in [3.63, 3.8) is 0 Å². The van der Waals surface area contributed by atoms with Gasteiger partial charge >= 0.3 is 0 Å². The second kappa shape index (κ2) is 6.41. The largest absolute Gasteiger partial charge is 0.495 e. The van der Waals surface area contributed by atoms with E-state index in [0.29, 0.717) is 17.2 Å². The summed E-state index contributed by atoms with van der Waals surface area (Å²) in [7, 11) is -0.702. The van der Waals surface area contributed by atoms with E-state index in [2.05, 4.69) is 4.98 Å². The van der Waals surface area contributed by atoms with Gasteiger partial charge in [0.1, 0.15) is 10.6 Å². The summed E-state index contributed by atoms with van der Waals surface area (Å²) in [4.78, 5) is 4.13. The summed E-state index contributed by atoms with van der Waals surface area (Å²) in [6.07, 6.45) is 3.03. The molecule has 1 heterocycles. The Morgan fingerprint density at radius 3 is 2.52 bits per heavy atom. The standard InChI is InChI=1S/C15H15NO4S/c1-19-13-7-3-4-8-14(13)21(17,18)11-9-12-6-5-10-16-15(12)20-2/h3-11H,1-2H3/b11-9+. The summed E-state index contributed by atoms with van der Waals surface area (Å²) in [5.41, 5.74) is 0.582. The van der Waals surface area contributed by atoms with E-state index >= 15 is 0 Å². The summed E-state index contributed by atoms with van der Waals surface area (Å²) in [6, 6.07) is 9.89. The lowest BCUT2D eigenvalue weighted by Crippen LogP contribution is -1.99. The number of ether oxygens (including phenoxy) is 2. The topological polar surface area (TPSA) is 65.5 Å². The smallest absolute Gasteiger partial charge is 0.220 e. The van der Waals surface area contributed by atoms with E-state index in [9.17, 15) is 8.42 Å². The van der Waals surface area contributed by atoms with Crippen LogP contribution in [0.25, 0.3) is 6.08 Å². The monoisotopic (exact) mass is 305 g/mol. The number of hydrogen-bond donors (Lipinski definition) is 0. The van der Waals surface area contributed by atoms with Crippen LogP contribution in [0.3, 0.4) is 0 Å². The van der Waals surface area contributed by atoms with Crippen molar-refractivity contribution in [2.45, 2.75) is 4.90 Å². The third-order valence-corrected chi connectivity index (χ3v) is 4.24. The van der Waals surface area contributed by atoms with Gasteiger partial charge in [-0.3, -0.25) is 0 Å². The molecule has 0 aliphatic heterocycles. The first-order chi connectivity index (χ1) is 10.1. The van der Waals surface area contributed by atoms with Gasteiger partial charge in [-0.2, -0.15) is 0 Å². The molecule has 1 aromatic heterocycles. The number of rotatable bonds is 5. The van der Waals surface area contributed by atoms with E-state index in [1.807, 2.05) is 0 Å².